The van der Waals surface area contributed by atoms with Crippen molar-refractivity contribution in [3.05, 3.63) is 17.7 Å². The lowest BCUT2D eigenvalue weighted by Gasteiger charge is -2.24. The molecule has 0 saturated heterocycles. The molecule has 3 N–H and O–H groups in total. The second kappa shape index (κ2) is 3.31. The first-order valence-corrected chi connectivity index (χ1v) is 5.73. The van der Waals surface area contributed by atoms with Crippen LogP contribution in [0.1, 0.15) is 31.2 Å². The second-order valence-electron chi connectivity index (χ2n) is 5.02. The summed E-state index contributed by atoms with van der Waals surface area (Å²) in [6.45, 7) is 2.79. The monoisotopic (exact) mass is 220 g/mol. The number of imidazole rings is 1. The molecular weight excluding hydrogens is 204 g/mol. The van der Waals surface area contributed by atoms with Crippen LogP contribution in [0.4, 0.5) is 0 Å². The third-order valence-electron chi connectivity index (χ3n) is 3.47. The highest BCUT2D eigenvalue weighted by Gasteiger charge is 2.40. The van der Waals surface area contributed by atoms with Crippen molar-refractivity contribution in [1.29, 1.82) is 0 Å². The normalized spacial score (nSPS) is 25.9. The summed E-state index contributed by atoms with van der Waals surface area (Å²) in [5, 5.41) is 6.31. The SMILES string of the molecule is CC1(NC(=O)C2Cc3nc[nH]c3CN2)CC1. The summed E-state index contributed by atoms with van der Waals surface area (Å²) in [5.41, 5.74) is 2.17. The fraction of sp³-hybridized carbons (Fsp3) is 0.636. The lowest BCUT2D eigenvalue weighted by molar-refractivity contribution is -0.124. The average Bonchev–Trinajstić information content (AvgIpc) is 2.82. The van der Waals surface area contributed by atoms with Crippen LogP contribution in [0.5, 0.6) is 0 Å². The Morgan fingerprint density at radius 1 is 1.62 bits per heavy atom. The fourth-order valence-corrected chi connectivity index (χ4v) is 2.05. The minimum Gasteiger partial charge on any atom is -0.350 e. The molecule has 1 aliphatic carbocycles. The molecule has 2 heterocycles. The lowest BCUT2D eigenvalue weighted by atomic mass is 10.0. The Morgan fingerprint density at radius 2 is 2.44 bits per heavy atom. The summed E-state index contributed by atoms with van der Waals surface area (Å²) in [6.07, 6.45) is 4.56. The topological polar surface area (TPSA) is 69.8 Å². The number of nitrogens with one attached hydrogen (secondary N) is 3. The Bertz CT molecular complexity index is 421. The van der Waals surface area contributed by atoms with E-state index in [2.05, 4.69) is 27.5 Å². The van der Waals surface area contributed by atoms with Gasteiger partial charge in [-0.2, -0.15) is 0 Å². The quantitative estimate of drug-likeness (QED) is 0.661. The standard InChI is InChI=1S/C11H16N4O/c1-11(2-3-11)15-10(16)8-4-7-9(5-12-8)14-6-13-7/h6,8,12H,2-5H2,1H3,(H,13,14)(H,15,16). The highest BCUT2D eigenvalue weighted by Crippen LogP contribution is 2.34. The van der Waals surface area contributed by atoms with E-state index in [0.29, 0.717) is 13.0 Å². The van der Waals surface area contributed by atoms with Crippen molar-refractivity contribution < 1.29 is 4.79 Å². The largest absolute Gasteiger partial charge is 0.350 e. The third kappa shape index (κ3) is 1.71. The van der Waals surface area contributed by atoms with Crippen LogP contribution in [0.25, 0.3) is 0 Å². The van der Waals surface area contributed by atoms with Crippen molar-refractivity contribution in [2.45, 2.75) is 44.3 Å². The molecule has 1 aliphatic heterocycles. The Hall–Kier alpha value is -1.36. The molecule has 1 amide bonds. The smallest absolute Gasteiger partial charge is 0.237 e. The van der Waals surface area contributed by atoms with Crippen molar-refractivity contribution in [2.24, 2.45) is 0 Å². The van der Waals surface area contributed by atoms with Gasteiger partial charge in [-0.1, -0.05) is 0 Å². The summed E-state index contributed by atoms with van der Waals surface area (Å²) >= 11 is 0. The van der Waals surface area contributed by atoms with Crippen LogP contribution in [0.2, 0.25) is 0 Å². The number of carbonyl (C=O) groups excluding carboxylic acids is 1. The number of aromatic nitrogens is 2. The fourth-order valence-electron chi connectivity index (χ4n) is 2.05. The summed E-state index contributed by atoms with van der Waals surface area (Å²) in [4.78, 5) is 19.3. The first-order valence-electron chi connectivity index (χ1n) is 5.73. The molecule has 1 fully saturated rings. The number of nitrogens with zero attached hydrogens (tertiary/aromatic N) is 1. The van der Waals surface area contributed by atoms with E-state index in [9.17, 15) is 4.79 Å². The maximum atomic E-state index is 12.0. The van der Waals surface area contributed by atoms with Gasteiger partial charge in [0.05, 0.1) is 23.8 Å². The van der Waals surface area contributed by atoms with Gasteiger partial charge in [-0.3, -0.25) is 10.1 Å². The van der Waals surface area contributed by atoms with Crippen LogP contribution >= 0.6 is 0 Å². The zero-order valence-electron chi connectivity index (χ0n) is 9.34. The van der Waals surface area contributed by atoms with Gasteiger partial charge in [0.2, 0.25) is 5.91 Å². The first-order chi connectivity index (χ1) is 7.66. The summed E-state index contributed by atoms with van der Waals surface area (Å²) in [6, 6.07) is -0.131. The molecule has 3 rings (SSSR count). The molecule has 16 heavy (non-hydrogen) atoms. The Balaban J connectivity index is 1.66. The molecule has 1 aromatic heterocycles. The van der Waals surface area contributed by atoms with Gasteiger partial charge in [0.15, 0.2) is 0 Å². The van der Waals surface area contributed by atoms with E-state index in [1.807, 2.05) is 0 Å². The zero-order valence-corrected chi connectivity index (χ0v) is 9.34. The van der Waals surface area contributed by atoms with E-state index < -0.39 is 0 Å². The number of rotatable bonds is 2. The molecule has 1 saturated carbocycles. The van der Waals surface area contributed by atoms with E-state index in [4.69, 9.17) is 0 Å². The van der Waals surface area contributed by atoms with Crippen molar-refractivity contribution in [2.75, 3.05) is 0 Å². The lowest BCUT2D eigenvalue weighted by Crippen LogP contribution is -2.50. The molecule has 5 heteroatoms. The van der Waals surface area contributed by atoms with E-state index in [1.165, 1.54) is 0 Å². The van der Waals surface area contributed by atoms with Gasteiger partial charge in [0, 0.05) is 18.5 Å². The van der Waals surface area contributed by atoms with Gasteiger partial charge in [-0.05, 0) is 19.8 Å². The molecule has 1 unspecified atom stereocenters. The number of hydrogen-bond donors (Lipinski definition) is 3. The second-order valence-corrected chi connectivity index (χ2v) is 5.02. The zero-order chi connectivity index (χ0) is 11.2. The van der Waals surface area contributed by atoms with Crippen LogP contribution in [-0.4, -0.2) is 27.5 Å². The average molecular weight is 220 g/mol. The number of amides is 1. The molecule has 0 radical (unpaired) electrons. The molecule has 0 spiro atoms. The van der Waals surface area contributed by atoms with E-state index in [0.717, 1.165) is 24.2 Å². The van der Waals surface area contributed by atoms with Crippen LogP contribution in [0, 0.1) is 0 Å². The van der Waals surface area contributed by atoms with Crippen molar-refractivity contribution in [3.63, 3.8) is 0 Å². The number of carbonyl (C=O) groups is 1. The van der Waals surface area contributed by atoms with E-state index in [-0.39, 0.29) is 17.5 Å². The molecule has 0 bridgehead atoms. The molecule has 2 aliphatic rings. The van der Waals surface area contributed by atoms with Crippen LogP contribution in [-0.2, 0) is 17.8 Å². The summed E-state index contributed by atoms with van der Waals surface area (Å²) < 4.78 is 0. The van der Waals surface area contributed by atoms with Crippen molar-refractivity contribution >= 4 is 5.91 Å². The van der Waals surface area contributed by atoms with Gasteiger partial charge < -0.3 is 10.3 Å². The minimum atomic E-state index is -0.131. The van der Waals surface area contributed by atoms with Crippen molar-refractivity contribution in [1.82, 2.24) is 20.6 Å². The van der Waals surface area contributed by atoms with Crippen LogP contribution in [0.15, 0.2) is 6.33 Å². The maximum absolute atomic E-state index is 12.0. The molecule has 1 aromatic rings. The minimum absolute atomic E-state index is 0.0601. The van der Waals surface area contributed by atoms with Crippen LogP contribution in [0.3, 0.4) is 0 Å². The van der Waals surface area contributed by atoms with Gasteiger partial charge in [0.1, 0.15) is 0 Å². The van der Waals surface area contributed by atoms with Gasteiger partial charge >= 0.3 is 0 Å². The molecule has 5 nitrogen and oxygen atoms in total. The summed E-state index contributed by atoms with van der Waals surface area (Å²) in [5.74, 6) is 0.105. The third-order valence-corrected chi connectivity index (χ3v) is 3.47. The number of H-pyrrole nitrogens is 1. The van der Waals surface area contributed by atoms with E-state index >= 15 is 0 Å². The highest BCUT2D eigenvalue weighted by atomic mass is 16.2. The first kappa shape index (κ1) is 9.84. The number of aromatic amines is 1. The Labute approximate surface area is 94.0 Å². The molecule has 1 atom stereocenters. The van der Waals surface area contributed by atoms with E-state index in [1.54, 1.807) is 6.33 Å². The maximum Gasteiger partial charge on any atom is 0.237 e. The van der Waals surface area contributed by atoms with Crippen molar-refractivity contribution in [3.8, 4) is 0 Å². The Morgan fingerprint density at radius 3 is 3.19 bits per heavy atom. The van der Waals surface area contributed by atoms with Crippen LogP contribution < -0.4 is 10.6 Å². The molecule has 0 aromatic carbocycles. The van der Waals surface area contributed by atoms with Gasteiger partial charge in [-0.25, -0.2) is 4.98 Å². The predicted octanol–water partition coefficient (Wildman–Crippen LogP) is 0.0927. The molecular formula is C11H16N4O. The summed E-state index contributed by atoms with van der Waals surface area (Å²) in [7, 11) is 0. The number of hydrogen-bond acceptors (Lipinski definition) is 3. The Kier molecular flexibility index (Phi) is 2.04. The highest BCUT2D eigenvalue weighted by molar-refractivity contribution is 5.83. The van der Waals surface area contributed by atoms with Gasteiger partial charge in [0.25, 0.3) is 0 Å². The molecule has 86 valence electrons. The van der Waals surface area contributed by atoms with Gasteiger partial charge in [-0.15, -0.1) is 0 Å². The number of fused-ring (bicyclic) bond motifs is 1. The predicted molar refractivity (Wildman–Crippen MR) is 58.7 cm³/mol.